The Morgan fingerprint density at radius 1 is 1.36 bits per heavy atom. The summed E-state index contributed by atoms with van der Waals surface area (Å²) in [6.07, 6.45) is 0. The Labute approximate surface area is 69.0 Å². The van der Waals surface area contributed by atoms with Gasteiger partial charge in [0.1, 0.15) is 0 Å². The molecule has 1 rings (SSSR count). The van der Waals surface area contributed by atoms with Gasteiger partial charge in [0.05, 0.1) is 0 Å². The van der Waals surface area contributed by atoms with Crippen molar-refractivity contribution in [2.24, 2.45) is 0 Å². The number of carbonyl (C=O) groups is 1. The van der Waals surface area contributed by atoms with E-state index in [0.29, 0.717) is 15.6 Å². The van der Waals surface area contributed by atoms with Gasteiger partial charge in [0.2, 0.25) is 0 Å². The van der Waals surface area contributed by atoms with Gasteiger partial charge in [-0.25, -0.2) is 0 Å². The van der Waals surface area contributed by atoms with Gasteiger partial charge in [0, 0.05) is 22.0 Å². The summed E-state index contributed by atoms with van der Waals surface area (Å²) < 4.78 is 21.8. The first-order chi connectivity index (χ1) is 4.85. The zero-order chi connectivity index (χ0) is 8.81. The van der Waals surface area contributed by atoms with Crippen molar-refractivity contribution in [1.82, 2.24) is 4.31 Å². The number of halogens is 1. The highest BCUT2D eigenvalue weighted by molar-refractivity contribution is 8.12. The number of carbonyl (C=O) groups excluding carboxylic acids is 1. The van der Waals surface area contributed by atoms with Crippen LogP contribution >= 0.6 is 10.7 Å². The Morgan fingerprint density at radius 2 is 1.82 bits per heavy atom. The molecule has 1 aliphatic heterocycles. The SMILES string of the molecule is CC1=C(C)N(S(=O)(=O)Cl)C1=O. The average Bonchev–Trinajstić information content (AvgIpc) is 1.85. The van der Waals surface area contributed by atoms with Gasteiger partial charge in [-0.15, -0.1) is 0 Å². The number of hydrogen-bond donors (Lipinski definition) is 0. The van der Waals surface area contributed by atoms with Crippen LogP contribution in [0.1, 0.15) is 13.8 Å². The molecule has 0 saturated carbocycles. The lowest BCUT2D eigenvalue weighted by molar-refractivity contribution is -0.124. The molecule has 0 aliphatic carbocycles. The minimum atomic E-state index is -3.90. The molecule has 0 saturated heterocycles. The van der Waals surface area contributed by atoms with Gasteiger partial charge in [-0.2, -0.15) is 12.7 Å². The first-order valence-electron chi connectivity index (χ1n) is 2.82. The molecule has 0 unspecified atom stereocenters. The van der Waals surface area contributed by atoms with Crippen LogP contribution in [0.3, 0.4) is 0 Å². The van der Waals surface area contributed by atoms with E-state index in [0.717, 1.165) is 0 Å². The summed E-state index contributed by atoms with van der Waals surface area (Å²) in [4.78, 5) is 10.8. The van der Waals surface area contributed by atoms with E-state index in [4.69, 9.17) is 10.7 Å². The summed E-state index contributed by atoms with van der Waals surface area (Å²) in [6, 6.07) is 0. The summed E-state index contributed by atoms with van der Waals surface area (Å²) in [5.41, 5.74) is 0.833. The molecule has 0 atom stereocenters. The van der Waals surface area contributed by atoms with Crippen molar-refractivity contribution in [3.05, 3.63) is 11.3 Å². The molecule has 0 aromatic heterocycles. The zero-order valence-electron chi connectivity index (χ0n) is 5.96. The molecule has 0 fully saturated rings. The third-order valence-corrected chi connectivity index (χ3v) is 2.86. The van der Waals surface area contributed by atoms with Crippen LogP contribution in [0.4, 0.5) is 0 Å². The van der Waals surface area contributed by atoms with Crippen LogP contribution < -0.4 is 0 Å². The molecule has 62 valence electrons. The predicted molar refractivity (Wildman–Crippen MR) is 40.0 cm³/mol. The summed E-state index contributed by atoms with van der Waals surface area (Å²) >= 11 is 0. The van der Waals surface area contributed by atoms with E-state index < -0.39 is 15.1 Å². The molecular weight excluding hydrogens is 190 g/mol. The van der Waals surface area contributed by atoms with E-state index in [1.54, 1.807) is 6.92 Å². The van der Waals surface area contributed by atoms with Crippen LogP contribution in [0, 0.1) is 0 Å². The second-order valence-electron chi connectivity index (χ2n) is 2.22. The maximum Gasteiger partial charge on any atom is 0.328 e. The Kier molecular flexibility index (Phi) is 1.72. The monoisotopic (exact) mass is 195 g/mol. The fourth-order valence-electron chi connectivity index (χ4n) is 0.821. The van der Waals surface area contributed by atoms with Crippen LogP contribution in [-0.2, 0) is 14.0 Å². The molecule has 0 aromatic rings. The second-order valence-corrected chi connectivity index (χ2v) is 4.58. The van der Waals surface area contributed by atoms with Crippen molar-refractivity contribution >= 4 is 25.8 Å². The number of amides is 1. The van der Waals surface area contributed by atoms with E-state index in [1.807, 2.05) is 0 Å². The zero-order valence-corrected chi connectivity index (χ0v) is 7.53. The van der Waals surface area contributed by atoms with E-state index in [-0.39, 0.29) is 0 Å². The third kappa shape index (κ3) is 1.14. The average molecular weight is 196 g/mol. The lowest BCUT2D eigenvalue weighted by Crippen LogP contribution is -2.42. The van der Waals surface area contributed by atoms with Crippen molar-refractivity contribution in [2.45, 2.75) is 13.8 Å². The second kappa shape index (κ2) is 2.22. The first kappa shape index (κ1) is 8.55. The topological polar surface area (TPSA) is 54.5 Å². The first-order valence-corrected chi connectivity index (χ1v) is 5.09. The maximum atomic E-state index is 10.8. The standard InChI is InChI=1S/C5H6ClNO3S/c1-3-4(2)7(5(3)8)11(6,9)10/h1-2H3. The molecule has 6 heteroatoms. The van der Waals surface area contributed by atoms with E-state index >= 15 is 0 Å². The molecule has 1 amide bonds. The summed E-state index contributed by atoms with van der Waals surface area (Å²) in [5, 5.41) is 0. The van der Waals surface area contributed by atoms with Crippen molar-refractivity contribution < 1.29 is 13.2 Å². The normalized spacial score (nSPS) is 18.8. The van der Waals surface area contributed by atoms with Gasteiger partial charge in [-0.1, -0.05) is 0 Å². The number of nitrogens with zero attached hydrogens (tertiary/aromatic N) is 1. The lowest BCUT2D eigenvalue weighted by atomic mass is 10.1. The molecule has 0 radical (unpaired) electrons. The summed E-state index contributed by atoms with van der Waals surface area (Å²) in [7, 11) is 1.03. The highest BCUT2D eigenvalue weighted by Gasteiger charge is 2.38. The van der Waals surface area contributed by atoms with Crippen molar-refractivity contribution in [2.75, 3.05) is 0 Å². The maximum absolute atomic E-state index is 10.8. The molecule has 1 heterocycles. The quantitative estimate of drug-likeness (QED) is 0.576. The van der Waals surface area contributed by atoms with Crippen molar-refractivity contribution in [1.29, 1.82) is 0 Å². The Morgan fingerprint density at radius 3 is 2.00 bits per heavy atom. The molecule has 0 bridgehead atoms. The van der Waals surface area contributed by atoms with Crippen LogP contribution in [0.15, 0.2) is 11.3 Å². The van der Waals surface area contributed by atoms with Gasteiger partial charge in [-0.3, -0.25) is 4.79 Å². The van der Waals surface area contributed by atoms with Crippen LogP contribution in [-0.4, -0.2) is 18.6 Å². The van der Waals surface area contributed by atoms with Gasteiger partial charge in [0.25, 0.3) is 5.91 Å². The predicted octanol–water partition coefficient (Wildman–Crippen LogP) is 0.606. The molecule has 0 aromatic carbocycles. The van der Waals surface area contributed by atoms with Gasteiger partial charge in [-0.05, 0) is 13.8 Å². The van der Waals surface area contributed by atoms with Gasteiger partial charge in [0.15, 0.2) is 0 Å². The lowest BCUT2D eigenvalue weighted by Gasteiger charge is -2.29. The van der Waals surface area contributed by atoms with E-state index in [9.17, 15) is 13.2 Å². The van der Waals surface area contributed by atoms with E-state index in [2.05, 4.69) is 0 Å². The van der Waals surface area contributed by atoms with Crippen LogP contribution in [0.2, 0.25) is 0 Å². The Hall–Kier alpha value is -0.550. The third-order valence-electron chi connectivity index (χ3n) is 1.57. The molecule has 0 spiro atoms. The van der Waals surface area contributed by atoms with Crippen molar-refractivity contribution in [3.63, 3.8) is 0 Å². The Balaban J connectivity index is 3.12. The smallest absolute Gasteiger partial charge is 0.268 e. The highest BCUT2D eigenvalue weighted by atomic mass is 35.7. The largest absolute Gasteiger partial charge is 0.328 e. The number of allylic oxidation sites excluding steroid dienone is 1. The van der Waals surface area contributed by atoms with Gasteiger partial charge >= 0.3 is 9.24 Å². The summed E-state index contributed by atoms with van der Waals surface area (Å²) in [6.45, 7) is 3.08. The van der Waals surface area contributed by atoms with Crippen molar-refractivity contribution in [3.8, 4) is 0 Å². The van der Waals surface area contributed by atoms with E-state index in [1.165, 1.54) is 6.92 Å². The van der Waals surface area contributed by atoms with Gasteiger partial charge < -0.3 is 0 Å². The molecule has 11 heavy (non-hydrogen) atoms. The fraction of sp³-hybridized carbons (Fsp3) is 0.400. The molecular formula is C5H6ClNO3S. The molecule has 4 nitrogen and oxygen atoms in total. The minimum absolute atomic E-state index is 0.394. The highest BCUT2D eigenvalue weighted by Crippen LogP contribution is 2.28. The Bertz CT molecular complexity index is 343. The summed E-state index contributed by atoms with van der Waals surface area (Å²) in [5.74, 6) is -0.544. The molecule has 0 N–H and O–H groups in total. The number of hydrogen-bond acceptors (Lipinski definition) is 3. The number of rotatable bonds is 1. The molecule has 1 aliphatic rings. The fourth-order valence-corrected chi connectivity index (χ4v) is 2.12. The van der Waals surface area contributed by atoms with Crippen LogP contribution in [0.5, 0.6) is 0 Å². The minimum Gasteiger partial charge on any atom is -0.268 e. The van der Waals surface area contributed by atoms with Crippen LogP contribution in [0.25, 0.3) is 0 Å².